The molecular formula is C13H12N2O6S. The van der Waals surface area contributed by atoms with Crippen LogP contribution in [0.15, 0.2) is 9.59 Å². The van der Waals surface area contributed by atoms with E-state index in [0.717, 1.165) is 27.3 Å². The molecule has 1 aliphatic carbocycles. The molecule has 0 amide bonds. The van der Waals surface area contributed by atoms with Crippen molar-refractivity contribution < 1.29 is 19.8 Å². The minimum absolute atomic E-state index is 0.0292. The number of hydrogen-bond acceptors (Lipinski definition) is 6. The van der Waals surface area contributed by atoms with Crippen molar-refractivity contribution in [3.05, 3.63) is 36.7 Å². The minimum Gasteiger partial charge on any atom is -0.481 e. The molecule has 3 N–H and O–H groups in total. The average Bonchev–Trinajstić information content (AvgIpc) is 2.86. The van der Waals surface area contributed by atoms with E-state index in [1.54, 1.807) is 0 Å². The largest absolute Gasteiger partial charge is 0.481 e. The van der Waals surface area contributed by atoms with Gasteiger partial charge in [-0.1, -0.05) is 0 Å². The van der Waals surface area contributed by atoms with Crippen molar-refractivity contribution in [1.82, 2.24) is 4.68 Å². The number of thiophene rings is 1. The first-order valence-corrected chi connectivity index (χ1v) is 7.47. The first-order chi connectivity index (χ1) is 10.4. The molecule has 2 aromatic rings. The molecule has 0 aliphatic heterocycles. The number of carboxylic acid groups (broad SMARTS) is 2. The number of aryl methyl sites for hydroxylation is 1. The Bertz CT molecular complexity index is 816. The third kappa shape index (κ3) is 2.33. The predicted molar refractivity (Wildman–Crippen MR) is 77.6 cm³/mol. The van der Waals surface area contributed by atoms with E-state index >= 15 is 0 Å². The number of carbonyl (C=O) groups is 2. The lowest BCUT2D eigenvalue weighted by atomic mass is 9.83. The van der Waals surface area contributed by atoms with Crippen LogP contribution in [0.1, 0.15) is 46.0 Å². The van der Waals surface area contributed by atoms with Crippen molar-refractivity contribution in [1.29, 1.82) is 0 Å². The van der Waals surface area contributed by atoms with Crippen LogP contribution in [-0.2, 0) is 11.2 Å². The SMILES string of the molecule is O=C(O)CC1CCCc2sc(Nn3c(=O)c3=O)c(C(=O)O)c21. The maximum atomic E-state index is 11.6. The molecule has 1 aliphatic rings. The maximum absolute atomic E-state index is 11.6. The zero-order chi connectivity index (χ0) is 16.0. The summed E-state index contributed by atoms with van der Waals surface area (Å²) in [5.74, 6) is -2.54. The van der Waals surface area contributed by atoms with Gasteiger partial charge in [0.2, 0.25) is 0 Å². The Hall–Kier alpha value is -2.42. The molecule has 0 radical (unpaired) electrons. The standard InChI is InChI=1S/C13H12N2O6S/c16-7(17)4-5-2-1-3-6-8(5)9(13(20)21)10(22-6)14-15-11(18)12(15)19/h5,14H,1-4H2,(H,16,17)(H,20,21). The Kier molecular flexibility index (Phi) is 3.36. The monoisotopic (exact) mass is 324 g/mol. The third-order valence-corrected chi connectivity index (χ3v) is 4.94. The lowest BCUT2D eigenvalue weighted by Gasteiger charge is -2.21. The zero-order valence-corrected chi connectivity index (χ0v) is 12.1. The quantitative estimate of drug-likeness (QED) is 0.688. The van der Waals surface area contributed by atoms with E-state index in [2.05, 4.69) is 5.43 Å². The van der Waals surface area contributed by atoms with E-state index in [0.29, 0.717) is 18.4 Å². The normalized spacial score (nSPS) is 17.4. The molecule has 9 heteroatoms. The number of rotatable bonds is 5. The number of aliphatic carboxylic acids is 1. The molecule has 0 saturated carbocycles. The molecule has 0 aromatic carbocycles. The highest BCUT2D eigenvalue weighted by atomic mass is 32.1. The summed E-state index contributed by atoms with van der Waals surface area (Å²) < 4.78 is 0.746. The molecule has 22 heavy (non-hydrogen) atoms. The molecule has 8 nitrogen and oxygen atoms in total. The van der Waals surface area contributed by atoms with Crippen LogP contribution in [0.2, 0.25) is 0 Å². The first-order valence-electron chi connectivity index (χ1n) is 6.66. The second-order valence-corrected chi connectivity index (χ2v) is 6.30. The summed E-state index contributed by atoms with van der Waals surface area (Å²) in [5, 5.41) is 18.7. The highest BCUT2D eigenvalue weighted by molar-refractivity contribution is 7.16. The van der Waals surface area contributed by atoms with E-state index in [4.69, 9.17) is 5.11 Å². The van der Waals surface area contributed by atoms with Gasteiger partial charge in [0.1, 0.15) is 5.00 Å². The number of nitrogens with zero attached hydrogens (tertiary/aromatic N) is 1. The van der Waals surface area contributed by atoms with Gasteiger partial charge >= 0.3 is 23.1 Å². The molecule has 1 atom stereocenters. The third-order valence-electron chi connectivity index (χ3n) is 3.77. The van der Waals surface area contributed by atoms with Gasteiger partial charge in [0.05, 0.1) is 12.0 Å². The molecule has 116 valence electrons. The van der Waals surface area contributed by atoms with Crippen molar-refractivity contribution in [3.63, 3.8) is 0 Å². The van der Waals surface area contributed by atoms with Gasteiger partial charge in [-0.25, -0.2) is 4.79 Å². The van der Waals surface area contributed by atoms with Gasteiger partial charge in [-0.15, -0.1) is 11.3 Å². The number of nitrogens with one attached hydrogen (secondary N) is 1. The van der Waals surface area contributed by atoms with E-state index in [1.807, 2.05) is 0 Å². The summed E-state index contributed by atoms with van der Waals surface area (Å²) in [6, 6.07) is 0. The Labute approximate surface area is 127 Å². The van der Waals surface area contributed by atoms with Crippen molar-refractivity contribution in [2.75, 3.05) is 5.43 Å². The van der Waals surface area contributed by atoms with Gasteiger partial charge in [-0.05, 0) is 30.7 Å². The van der Waals surface area contributed by atoms with Crippen LogP contribution in [-0.4, -0.2) is 26.8 Å². The molecule has 2 aromatic heterocycles. The Morgan fingerprint density at radius 1 is 1.27 bits per heavy atom. The Morgan fingerprint density at radius 3 is 2.50 bits per heavy atom. The minimum atomic E-state index is -1.20. The average molecular weight is 324 g/mol. The van der Waals surface area contributed by atoms with E-state index < -0.39 is 23.1 Å². The summed E-state index contributed by atoms with van der Waals surface area (Å²) in [6.45, 7) is 0. The van der Waals surface area contributed by atoms with Crippen molar-refractivity contribution in [2.45, 2.75) is 31.6 Å². The highest BCUT2D eigenvalue weighted by Gasteiger charge is 2.33. The van der Waals surface area contributed by atoms with Crippen LogP contribution >= 0.6 is 11.3 Å². The Balaban J connectivity index is 2.05. The lowest BCUT2D eigenvalue weighted by molar-refractivity contribution is -0.137. The van der Waals surface area contributed by atoms with Crippen molar-refractivity contribution in [3.8, 4) is 0 Å². The van der Waals surface area contributed by atoms with Gasteiger partial charge in [-0.2, -0.15) is 4.68 Å². The molecule has 3 rings (SSSR count). The molecule has 0 saturated heterocycles. The van der Waals surface area contributed by atoms with E-state index in [9.17, 15) is 24.3 Å². The van der Waals surface area contributed by atoms with E-state index in [1.165, 1.54) is 0 Å². The predicted octanol–water partition coefficient (Wildman–Crippen LogP) is 0.614. The number of carboxylic acids is 2. The lowest BCUT2D eigenvalue weighted by Crippen LogP contribution is -2.16. The molecular weight excluding hydrogens is 312 g/mol. The van der Waals surface area contributed by atoms with Gasteiger partial charge in [0, 0.05) is 4.88 Å². The summed E-state index contributed by atoms with van der Waals surface area (Å²) >= 11 is 1.16. The summed E-state index contributed by atoms with van der Waals surface area (Å²) in [4.78, 5) is 45.5. The van der Waals surface area contributed by atoms with Crippen LogP contribution < -0.4 is 16.5 Å². The second-order valence-electron chi connectivity index (χ2n) is 5.19. The number of hydrogen-bond donors (Lipinski definition) is 3. The van der Waals surface area contributed by atoms with Gasteiger partial charge in [0.25, 0.3) is 0 Å². The maximum Gasteiger partial charge on any atom is 0.340 e. The van der Waals surface area contributed by atoms with Crippen molar-refractivity contribution in [2.24, 2.45) is 0 Å². The number of fused-ring (bicyclic) bond motifs is 1. The van der Waals surface area contributed by atoms with Crippen LogP contribution in [0.25, 0.3) is 0 Å². The fourth-order valence-corrected chi connectivity index (χ4v) is 4.11. The molecule has 2 heterocycles. The number of aromatic nitrogens is 1. The fourth-order valence-electron chi connectivity index (χ4n) is 2.81. The van der Waals surface area contributed by atoms with Crippen LogP contribution in [0, 0.1) is 0 Å². The molecule has 0 fully saturated rings. The van der Waals surface area contributed by atoms with Gasteiger partial charge in [0.15, 0.2) is 0 Å². The van der Waals surface area contributed by atoms with Crippen LogP contribution in [0.5, 0.6) is 0 Å². The highest BCUT2D eigenvalue weighted by Crippen LogP contribution is 2.44. The molecule has 0 bridgehead atoms. The smallest absolute Gasteiger partial charge is 0.340 e. The van der Waals surface area contributed by atoms with E-state index in [-0.39, 0.29) is 22.9 Å². The van der Waals surface area contributed by atoms with Gasteiger partial charge in [-0.3, -0.25) is 19.8 Å². The first kappa shape index (κ1) is 14.5. The fraction of sp³-hybridized carbons (Fsp3) is 0.385. The van der Waals surface area contributed by atoms with Gasteiger partial charge < -0.3 is 10.2 Å². The van der Waals surface area contributed by atoms with Crippen LogP contribution in [0.3, 0.4) is 0 Å². The number of aromatic carboxylic acids is 1. The Morgan fingerprint density at radius 2 is 1.95 bits per heavy atom. The van der Waals surface area contributed by atoms with Crippen molar-refractivity contribution >= 4 is 28.3 Å². The number of anilines is 1. The molecule has 1 unspecified atom stereocenters. The zero-order valence-electron chi connectivity index (χ0n) is 11.3. The molecule has 0 spiro atoms. The second kappa shape index (κ2) is 5.09. The summed E-state index contributed by atoms with van der Waals surface area (Å²) in [6.07, 6.45) is 1.92. The summed E-state index contributed by atoms with van der Waals surface area (Å²) in [5.41, 5.74) is 1.58. The van der Waals surface area contributed by atoms with Crippen LogP contribution in [0.4, 0.5) is 5.00 Å². The summed E-state index contributed by atoms with van der Waals surface area (Å²) in [7, 11) is 0. The topological polar surface area (TPSA) is 126 Å².